The van der Waals surface area contributed by atoms with E-state index in [1.807, 2.05) is 11.0 Å². The fourth-order valence-electron chi connectivity index (χ4n) is 2.95. The third kappa shape index (κ3) is 3.86. The molecule has 124 valence electrons. The largest absolute Gasteiger partial charge is 0.367 e. The third-order valence-electron chi connectivity index (χ3n) is 4.26. The van der Waals surface area contributed by atoms with E-state index in [2.05, 4.69) is 16.0 Å². The predicted octanol–water partition coefficient (Wildman–Crippen LogP) is 0.130. The summed E-state index contributed by atoms with van der Waals surface area (Å²) in [4.78, 5) is 24.8. The molecule has 7 heteroatoms. The maximum absolute atomic E-state index is 14.3. The molecular weight excluding hydrogens is 299 g/mol. The van der Waals surface area contributed by atoms with E-state index >= 15 is 0 Å². The van der Waals surface area contributed by atoms with Crippen LogP contribution in [0, 0.1) is 5.82 Å². The van der Waals surface area contributed by atoms with Gasteiger partial charge in [-0.1, -0.05) is 6.07 Å². The highest BCUT2D eigenvalue weighted by atomic mass is 19.1. The molecule has 2 fully saturated rings. The van der Waals surface area contributed by atoms with E-state index in [4.69, 9.17) is 0 Å². The van der Waals surface area contributed by atoms with Gasteiger partial charge in [0.1, 0.15) is 5.82 Å². The van der Waals surface area contributed by atoms with Crippen LogP contribution in [0.25, 0.3) is 0 Å². The average Bonchev–Trinajstić information content (AvgIpc) is 2.55. The molecule has 0 spiro atoms. The minimum atomic E-state index is -0.399. The molecule has 2 aliphatic heterocycles. The summed E-state index contributed by atoms with van der Waals surface area (Å²) in [6.07, 6.45) is 0.811. The molecule has 6 nitrogen and oxygen atoms in total. The molecule has 0 aliphatic carbocycles. The van der Waals surface area contributed by atoms with Crippen LogP contribution in [0.4, 0.5) is 10.1 Å². The molecule has 2 amide bonds. The summed E-state index contributed by atoms with van der Waals surface area (Å²) < 4.78 is 14.3. The highest BCUT2D eigenvalue weighted by molar-refractivity contribution is 6.00. The number of hydrogen-bond donors (Lipinski definition) is 3. The Hall–Kier alpha value is -1.99. The zero-order valence-corrected chi connectivity index (χ0v) is 12.9. The van der Waals surface area contributed by atoms with Gasteiger partial charge in [0.05, 0.1) is 11.7 Å². The van der Waals surface area contributed by atoms with Crippen molar-refractivity contribution in [1.82, 2.24) is 16.0 Å². The Bertz CT molecular complexity index is 602. The molecule has 1 unspecified atom stereocenters. The summed E-state index contributed by atoms with van der Waals surface area (Å²) in [5.41, 5.74) is 1.40. The number of hydrogen-bond acceptors (Lipinski definition) is 5. The minimum absolute atomic E-state index is 0.237. The second kappa shape index (κ2) is 7.06. The van der Waals surface area contributed by atoms with Crippen molar-refractivity contribution < 1.29 is 14.0 Å². The van der Waals surface area contributed by atoms with Crippen LogP contribution in [-0.4, -0.2) is 44.0 Å². The van der Waals surface area contributed by atoms with Gasteiger partial charge in [-0.3, -0.25) is 14.9 Å². The average molecular weight is 320 g/mol. The van der Waals surface area contributed by atoms with E-state index in [1.54, 1.807) is 6.07 Å². The first-order chi connectivity index (χ1) is 11.1. The smallest absolute Gasteiger partial charge is 0.243 e. The number of imide groups is 1. The van der Waals surface area contributed by atoms with E-state index in [0.29, 0.717) is 25.1 Å². The first-order valence-corrected chi connectivity index (χ1v) is 7.94. The molecular formula is C16H21FN4O2. The SMILES string of the molecule is O=C1CCC(NCc2ccc(N3CCNCC3)c(F)c2)C(=O)N1. The fourth-order valence-corrected chi connectivity index (χ4v) is 2.95. The molecule has 1 atom stereocenters. The van der Waals surface area contributed by atoms with Crippen LogP contribution in [0.5, 0.6) is 0 Å². The molecule has 0 bridgehead atoms. The fraction of sp³-hybridized carbons (Fsp3) is 0.500. The van der Waals surface area contributed by atoms with Crippen molar-refractivity contribution in [3.05, 3.63) is 29.6 Å². The zero-order chi connectivity index (χ0) is 16.2. The lowest BCUT2D eigenvalue weighted by molar-refractivity contribution is -0.134. The molecule has 0 aromatic heterocycles. The van der Waals surface area contributed by atoms with Crippen molar-refractivity contribution in [2.75, 3.05) is 31.1 Å². The highest BCUT2D eigenvalue weighted by Crippen LogP contribution is 2.21. The standard InChI is InChI=1S/C16H21FN4O2/c17-12-9-11(1-3-14(12)21-7-5-18-6-8-21)10-19-13-2-4-15(22)20-16(13)23/h1,3,9,13,18-19H,2,4-8,10H2,(H,20,22,23). The van der Waals surface area contributed by atoms with E-state index in [0.717, 1.165) is 31.7 Å². The first-order valence-electron chi connectivity index (χ1n) is 7.94. The van der Waals surface area contributed by atoms with Crippen molar-refractivity contribution in [2.24, 2.45) is 0 Å². The first kappa shape index (κ1) is 15.9. The van der Waals surface area contributed by atoms with Crippen LogP contribution in [-0.2, 0) is 16.1 Å². The van der Waals surface area contributed by atoms with Gasteiger partial charge in [0.15, 0.2) is 0 Å². The Morgan fingerprint density at radius 2 is 2.04 bits per heavy atom. The van der Waals surface area contributed by atoms with E-state index in [1.165, 1.54) is 6.07 Å². The molecule has 3 rings (SSSR count). The second-order valence-electron chi connectivity index (χ2n) is 5.91. The Morgan fingerprint density at radius 3 is 2.74 bits per heavy atom. The molecule has 2 saturated heterocycles. The molecule has 3 N–H and O–H groups in total. The number of carbonyl (C=O) groups is 2. The lowest BCUT2D eigenvalue weighted by Crippen LogP contribution is -2.50. The number of anilines is 1. The summed E-state index contributed by atoms with van der Waals surface area (Å²) >= 11 is 0. The molecule has 0 radical (unpaired) electrons. The van der Waals surface area contributed by atoms with E-state index in [9.17, 15) is 14.0 Å². The summed E-state index contributed by atoms with van der Waals surface area (Å²) in [6.45, 7) is 3.71. The molecule has 1 aromatic rings. The van der Waals surface area contributed by atoms with Crippen LogP contribution in [0.3, 0.4) is 0 Å². The maximum atomic E-state index is 14.3. The Labute approximate surface area is 134 Å². The lowest BCUT2D eigenvalue weighted by Gasteiger charge is -2.30. The van der Waals surface area contributed by atoms with E-state index in [-0.39, 0.29) is 17.6 Å². The molecule has 2 aliphatic rings. The predicted molar refractivity (Wildman–Crippen MR) is 84.5 cm³/mol. The van der Waals surface area contributed by atoms with Crippen LogP contribution in [0.1, 0.15) is 18.4 Å². The number of nitrogens with one attached hydrogen (secondary N) is 3. The van der Waals surface area contributed by atoms with Gasteiger partial charge >= 0.3 is 0 Å². The van der Waals surface area contributed by atoms with Crippen LogP contribution in [0.15, 0.2) is 18.2 Å². The molecule has 0 saturated carbocycles. The Kier molecular flexibility index (Phi) is 4.88. The maximum Gasteiger partial charge on any atom is 0.243 e. The van der Waals surface area contributed by atoms with Crippen LogP contribution >= 0.6 is 0 Å². The highest BCUT2D eigenvalue weighted by Gasteiger charge is 2.25. The van der Waals surface area contributed by atoms with Gasteiger partial charge in [-0.05, 0) is 24.1 Å². The van der Waals surface area contributed by atoms with Gasteiger partial charge in [-0.25, -0.2) is 4.39 Å². The Morgan fingerprint density at radius 1 is 1.26 bits per heavy atom. The topological polar surface area (TPSA) is 73.5 Å². The summed E-state index contributed by atoms with van der Waals surface area (Å²) in [7, 11) is 0. The van der Waals surface area contributed by atoms with Crippen LogP contribution in [0.2, 0.25) is 0 Å². The number of amides is 2. The number of carbonyl (C=O) groups excluding carboxylic acids is 2. The summed E-state index contributed by atoms with van der Waals surface area (Å²) in [5.74, 6) is -0.784. The number of piperidine rings is 1. The quantitative estimate of drug-likeness (QED) is 0.688. The second-order valence-corrected chi connectivity index (χ2v) is 5.91. The van der Waals surface area contributed by atoms with Gasteiger partial charge in [0.2, 0.25) is 11.8 Å². The number of rotatable bonds is 4. The van der Waals surface area contributed by atoms with E-state index < -0.39 is 6.04 Å². The molecule has 2 heterocycles. The van der Waals surface area contributed by atoms with Gasteiger partial charge in [-0.2, -0.15) is 0 Å². The van der Waals surface area contributed by atoms with Crippen molar-refractivity contribution in [2.45, 2.75) is 25.4 Å². The minimum Gasteiger partial charge on any atom is -0.367 e. The summed E-state index contributed by atoms with van der Waals surface area (Å²) in [6, 6.07) is 4.78. The Balaban J connectivity index is 1.59. The summed E-state index contributed by atoms with van der Waals surface area (Å²) in [5, 5.41) is 8.63. The monoisotopic (exact) mass is 320 g/mol. The van der Waals surface area contributed by atoms with Crippen LogP contribution < -0.4 is 20.9 Å². The van der Waals surface area contributed by atoms with Crippen molar-refractivity contribution >= 4 is 17.5 Å². The number of nitrogens with zero attached hydrogens (tertiary/aromatic N) is 1. The van der Waals surface area contributed by atoms with Gasteiger partial charge < -0.3 is 15.5 Å². The number of halogens is 1. The van der Waals surface area contributed by atoms with Crippen molar-refractivity contribution in [3.8, 4) is 0 Å². The van der Waals surface area contributed by atoms with Crippen molar-refractivity contribution in [1.29, 1.82) is 0 Å². The van der Waals surface area contributed by atoms with Gasteiger partial charge in [-0.15, -0.1) is 0 Å². The number of benzene rings is 1. The lowest BCUT2D eigenvalue weighted by atomic mass is 10.1. The van der Waals surface area contributed by atoms with Crippen molar-refractivity contribution in [3.63, 3.8) is 0 Å². The van der Waals surface area contributed by atoms with Gasteiger partial charge in [0, 0.05) is 39.1 Å². The molecule has 1 aromatic carbocycles. The number of piperazine rings is 1. The normalized spacial score (nSPS) is 22.1. The zero-order valence-electron chi connectivity index (χ0n) is 12.9. The van der Waals surface area contributed by atoms with Gasteiger partial charge in [0.25, 0.3) is 0 Å². The third-order valence-corrected chi connectivity index (χ3v) is 4.26. The molecule has 23 heavy (non-hydrogen) atoms.